The van der Waals surface area contributed by atoms with E-state index in [9.17, 15) is 9.59 Å². The third-order valence-electron chi connectivity index (χ3n) is 4.59. The van der Waals surface area contributed by atoms with Crippen molar-refractivity contribution >= 4 is 5.91 Å². The van der Waals surface area contributed by atoms with Crippen molar-refractivity contribution in [2.45, 2.75) is 44.9 Å². The number of amides is 1. The summed E-state index contributed by atoms with van der Waals surface area (Å²) in [5, 5.41) is 6.92. The van der Waals surface area contributed by atoms with E-state index < -0.39 is 5.63 Å². The molecule has 24 heavy (non-hydrogen) atoms. The average molecular weight is 329 g/mol. The van der Waals surface area contributed by atoms with Crippen LogP contribution in [-0.4, -0.2) is 22.2 Å². The summed E-state index contributed by atoms with van der Waals surface area (Å²) in [6.45, 7) is 2.31. The highest BCUT2D eigenvalue weighted by atomic mass is 16.4. The molecule has 0 aromatic carbocycles. The minimum absolute atomic E-state index is 0.124. The summed E-state index contributed by atoms with van der Waals surface area (Å²) in [6, 6.07) is 1.84. The molecule has 0 spiro atoms. The molecule has 0 unspecified atom stereocenters. The van der Waals surface area contributed by atoms with Crippen LogP contribution in [0.3, 0.4) is 0 Å². The zero-order valence-electron chi connectivity index (χ0n) is 14.2. The Hall–Kier alpha value is -2.37. The van der Waals surface area contributed by atoms with Crippen LogP contribution in [-0.2, 0) is 13.5 Å². The number of aromatic nitrogens is 2. The van der Waals surface area contributed by atoms with E-state index in [0.29, 0.717) is 18.0 Å². The van der Waals surface area contributed by atoms with Gasteiger partial charge in [0.25, 0.3) is 5.91 Å². The smallest absolute Gasteiger partial charge is 0.349 e. The van der Waals surface area contributed by atoms with Gasteiger partial charge in [0.1, 0.15) is 11.3 Å². The van der Waals surface area contributed by atoms with Gasteiger partial charge in [-0.2, -0.15) is 5.10 Å². The fraction of sp³-hybridized carbons (Fsp3) is 0.500. The first kappa shape index (κ1) is 16.5. The van der Waals surface area contributed by atoms with Crippen molar-refractivity contribution in [1.82, 2.24) is 15.1 Å². The van der Waals surface area contributed by atoms with Crippen molar-refractivity contribution in [3.05, 3.63) is 51.3 Å². The molecule has 1 aliphatic carbocycles. The predicted octanol–water partition coefficient (Wildman–Crippen LogP) is 2.31. The number of rotatable bonds is 6. The van der Waals surface area contributed by atoms with Crippen LogP contribution in [0.5, 0.6) is 0 Å². The summed E-state index contributed by atoms with van der Waals surface area (Å²) < 4.78 is 7.12. The molecule has 2 heterocycles. The summed E-state index contributed by atoms with van der Waals surface area (Å²) in [7, 11) is 1.88. The van der Waals surface area contributed by atoms with Gasteiger partial charge in [-0.05, 0) is 49.8 Å². The number of carbonyl (C=O) groups excluding carboxylic acids is 1. The van der Waals surface area contributed by atoms with Gasteiger partial charge >= 0.3 is 5.63 Å². The van der Waals surface area contributed by atoms with Gasteiger partial charge in [-0.3, -0.25) is 9.48 Å². The van der Waals surface area contributed by atoms with Gasteiger partial charge in [0, 0.05) is 25.7 Å². The molecule has 2 aromatic heterocycles. The van der Waals surface area contributed by atoms with Crippen LogP contribution in [0, 0.1) is 6.92 Å². The number of aryl methyl sites for hydroxylation is 3. The zero-order chi connectivity index (χ0) is 17.1. The summed E-state index contributed by atoms with van der Waals surface area (Å²) in [5.41, 5.74) is 1.42. The Morgan fingerprint density at radius 3 is 2.83 bits per heavy atom. The molecule has 1 aliphatic rings. The molecule has 0 saturated heterocycles. The second-order valence-corrected chi connectivity index (χ2v) is 6.50. The Morgan fingerprint density at radius 1 is 1.46 bits per heavy atom. The second-order valence-electron chi connectivity index (χ2n) is 6.50. The summed E-state index contributed by atoms with van der Waals surface area (Å²) in [6.07, 6.45) is 8.70. The Labute approximate surface area is 140 Å². The van der Waals surface area contributed by atoms with Crippen molar-refractivity contribution in [2.75, 3.05) is 6.54 Å². The molecule has 1 amide bonds. The summed E-state index contributed by atoms with van der Waals surface area (Å²) in [5.74, 6) is 0.706. The summed E-state index contributed by atoms with van der Waals surface area (Å²) >= 11 is 0. The van der Waals surface area contributed by atoms with Crippen LogP contribution in [0.4, 0.5) is 0 Å². The zero-order valence-corrected chi connectivity index (χ0v) is 14.2. The molecule has 1 fully saturated rings. The van der Waals surface area contributed by atoms with Gasteiger partial charge in [-0.25, -0.2) is 4.79 Å². The molecule has 6 heteroatoms. The van der Waals surface area contributed by atoms with Crippen molar-refractivity contribution in [1.29, 1.82) is 0 Å². The number of nitrogens with zero attached hydrogens (tertiary/aromatic N) is 2. The van der Waals surface area contributed by atoms with Crippen molar-refractivity contribution in [2.24, 2.45) is 7.05 Å². The van der Waals surface area contributed by atoms with Crippen LogP contribution >= 0.6 is 0 Å². The van der Waals surface area contributed by atoms with Crippen LogP contribution in [0.25, 0.3) is 0 Å². The lowest BCUT2D eigenvalue weighted by Crippen LogP contribution is -2.31. The fourth-order valence-corrected chi connectivity index (χ4v) is 2.98. The molecule has 1 N–H and O–H groups in total. The molecular weight excluding hydrogens is 306 g/mol. The average Bonchev–Trinajstić information content (AvgIpc) is 2.86. The quantitative estimate of drug-likeness (QED) is 0.825. The number of hydrogen-bond acceptors (Lipinski definition) is 4. The molecule has 0 atom stereocenters. The van der Waals surface area contributed by atoms with E-state index in [1.54, 1.807) is 11.6 Å². The van der Waals surface area contributed by atoms with Crippen LogP contribution in [0.2, 0.25) is 0 Å². The van der Waals surface area contributed by atoms with E-state index >= 15 is 0 Å². The molecule has 0 aliphatic heterocycles. The number of hydrogen-bond donors (Lipinski definition) is 1. The van der Waals surface area contributed by atoms with E-state index in [0.717, 1.165) is 37.0 Å². The van der Waals surface area contributed by atoms with E-state index in [-0.39, 0.29) is 11.5 Å². The largest absolute Gasteiger partial charge is 0.427 e. The van der Waals surface area contributed by atoms with Crippen molar-refractivity contribution < 1.29 is 9.21 Å². The van der Waals surface area contributed by atoms with Gasteiger partial charge < -0.3 is 9.73 Å². The van der Waals surface area contributed by atoms with Crippen LogP contribution in [0.15, 0.2) is 27.7 Å². The van der Waals surface area contributed by atoms with E-state index in [2.05, 4.69) is 10.4 Å². The molecule has 6 nitrogen and oxygen atoms in total. The molecule has 128 valence electrons. The second kappa shape index (κ2) is 7.03. The molecule has 2 aromatic rings. The first-order valence-corrected chi connectivity index (χ1v) is 8.45. The number of nitrogens with one attached hydrogen (secondary N) is 1. The maximum absolute atomic E-state index is 12.3. The van der Waals surface area contributed by atoms with E-state index in [1.807, 2.05) is 25.5 Å². The first-order valence-electron chi connectivity index (χ1n) is 8.45. The molecular formula is C18H23N3O3. The highest BCUT2D eigenvalue weighted by Crippen LogP contribution is 2.36. The molecule has 3 rings (SSSR count). The topological polar surface area (TPSA) is 77.1 Å². The lowest BCUT2D eigenvalue weighted by molar-refractivity contribution is 0.0947. The standard InChI is InChI=1S/C18H23N3O3/c1-12-9-15(14-6-3-7-14)24-18(23)16(12)17(22)19-8-4-5-13-10-20-21(2)11-13/h9-11,14H,3-8H2,1-2H3,(H,19,22). The van der Waals surface area contributed by atoms with E-state index in [4.69, 9.17) is 4.42 Å². The highest BCUT2D eigenvalue weighted by molar-refractivity contribution is 5.95. The Balaban J connectivity index is 1.57. The molecule has 1 saturated carbocycles. The maximum atomic E-state index is 12.3. The highest BCUT2D eigenvalue weighted by Gasteiger charge is 2.25. The molecule has 0 bridgehead atoms. The lowest BCUT2D eigenvalue weighted by Gasteiger charge is -2.24. The van der Waals surface area contributed by atoms with Gasteiger partial charge in [0.05, 0.1) is 6.20 Å². The first-order chi connectivity index (χ1) is 11.5. The Morgan fingerprint density at radius 2 is 2.25 bits per heavy atom. The maximum Gasteiger partial charge on any atom is 0.349 e. The normalized spacial score (nSPS) is 14.4. The van der Waals surface area contributed by atoms with Gasteiger partial charge in [-0.15, -0.1) is 0 Å². The summed E-state index contributed by atoms with van der Waals surface area (Å²) in [4.78, 5) is 24.4. The molecule has 0 radical (unpaired) electrons. The van der Waals surface area contributed by atoms with E-state index in [1.165, 1.54) is 6.42 Å². The van der Waals surface area contributed by atoms with Crippen molar-refractivity contribution in [3.63, 3.8) is 0 Å². The van der Waals surface area contributed by atoms with Crippen LogP contribution in [0.1, 0.15) is 58.8 Å². The van der Waals surface area contributed by atoms with Crippen molar-refractivity contribution in [3.8, 4) is 0 Å². The minimum atomic E-state index is -0.526. The number of carbonyl (C=O) groups is 1. The third kappa shape index (κ3) is 3.58. The lowest BCUT2D eigenvalue weighted by atomic mass is 9.83. The predicted molar refractivity (Wildman–Crippen MR) is 90.2 cm³/mol. The van der Waals surface area contributed by atoms with Gasteiger partial charge in [-0.1, -0.05) is 6.42 Å². The monoisotopic (exact) mass is 329 g/mol. The third-order valence-corrected chi connectivity index (χ3v) is 4.59. The van der Waals surface area contributed by atoms with Gasteiger partial charge in [0.15, 0.2) is 0 Å². The van der Waals surface area contributed by atoms with Gasteiger partial charge in [0.2, 0.25) is 0 Å². The fourth-order valence-electron chi connectivity index (χ4n) is 2.98. The SMILES string of the molecule is Cc1cc(C2CCC2)oc(=O)c1C(=O)NCCCc1cnn(C)c1. The van der Waals surface area contributed by atoms with Crippen LogP contribution < -0.4 is 10.9 Å². The Bertz CT molecular complexity index is 787. The Kier molecular flexibility index (Phi) is 4.83. The minimum Gasteiger partial charge on any atom is -0.427 e.